The van der Waals surface area contributed by atoms with E-state index in [1.165, 1.54) is 71.1 Å². The fourth-order valence-corrected chi connectivity index (χ4v) is 8.45. The van der Waals surface area contributed by atoms with Crippen LogP contribution in [0.15, 0.2) is 48.5 Å². The first-order valence-electron chi connectivity index (χ1n) is 12.2. The van der Waals surface area contributed by atoms with Gasteiger partial charge in [0, 0.05) is 21.5 Å². The molecular weight excluding hydrogens is 402 g/mol. The molecule has 3 aromatic carbocycles. The van der Waals surface area contributed by atoms with E-state index >= 15 is 0 Å². The maximum Gasteiger partial charge on any atom is 0.0992 e. The van der Waals surface area contributed by atoms with Gasteiger partial charge in [-0.25, -0.2) is 0 Å². The minimum atomic E-state index is 0.329. The Morgan fingerprint density at radius 1 is 0.667 bits per heavy atom. The van der Waals surface area contributed by atoms with Crippen LogP contribution >= 0.6 is 0 Å². The third-order valence-electron chi connectivity index (χ3n) is 9.30. The molecule has 4 aliphatic rings. The Labute approximate surface area is 192 Å². The predicted octanol–water partition coefficient (Wildman–Crippen LogP) is 7.05. The van der Waals surface area contributed by atoms with E-state index in [0.29, 0.717) is 16.5 Å². The third-order valence-corrected chi connectivity index (χ3v) is 9.30. The van der Waals surface area contributed by atoms with Crippen LogP contribution in [0.3, 0.4) is 0 Å². The number of benzene rings is 3. The van der Waals surface area contributed by atoms with Crippen LogP contribution in [0.25, 0.3) is 38.1 Å². The quantitative estimate of drug-likeness (QED) is 0.289. The Morgan fingerprint density at radius 2 is 1.15 bits per heavy atom. The number of aromatic nitrogens is 1. The van der Waals surface area contributed by atoms with E-state index < -0.39 is 0 Å². The molecule has 0 atom stereocenters. The fourth-order valence-electron chi connectivity index (χ4n) is 8.45. The highest BCUT2D eigenvalue weighted by atomic mass is 14.9. The maximum atomic E-state index is 9.56. The van der Waals surface area contributed by atoms with Crippen molar-refractivity contribution in [3.63, 3.8) is 0 Å². The Kier molecular flexibility index (Phi) is 3.19. The zero-order valence-electron chi connectivity index (χ0n) is 18.4. The smallest absolute Gasteiger partial charge is 0.0992 e. The van der Waals surface area contributed by atoms with Gasteiger partial charge >= 0.3 is 0 Å². The van der Waals surface area contributed by atoms with Crippen LogP contribution in [0.4, 0.5) is 0 Å². The summed E-state index contributed by atoms with van der Waals surface area (Å²) in [6.07, 6.45) is 8.39. The Balaban J connectivity index is 1.51. The molecular formula is C30H23N3. The molecule has 33 heavy (non-hydrogen) atoms. The summed E-state index contributed by atoms with van der Waals surface area (Å²) < 4.78 is 2.29. The summed E-state index contributed by atoms with van der Waals surface area (Å²) in [5.41, 5.74) is 6.59. The van der Waals surface area contributed by atoms with Gasteiger partial charge in [0.25, 0.3) is 0 Å². The van der Waals surface area contributed by atoms with Gasteiger partial charge in [0.1, 0.15) is 0 Å². The third kappa shape index (κ3) is 2.18. The summed E-state index contributed by atoms with van der Waals surface area (Å²) in [6, 6.07) is 21.8. The molecule has 0 amide bonds. The molecule has 3 heteroatoms. The van der Waals surface area contributed by atoms with Crippen molar-refractivity contribution in [1.82, 2.24) is 4.40 Å². The van der Waals surface area contributed by atoms with Gasteiger partial charge in [0.05, 0.1) is 39.8 Å². The van der Waals surface area contributed by atoms with E-state index in [0.717, 1.165) is 28.8 Å². The van der Waals surface area contributed by atoms with Crippen LogP contribution in [0, 0.1) is 40.4 Å². The molecule has 0 aliphatic heterocycles. The van der Waals surface area contributed by atoms with Crippen molar-refractivity contribution >= 4 is 38.1 Å². The zero-order valence-corrected chi connectivity index (χ0v) is 18.4. The second-order valence-corrected chi connectivity index (χ2v) is 11.1. The van der Waals surface area contributed by atoms with Gasteiger partial charge in [-0.05, 0) is 104 Å². The lowest BCUT2D eigenvalue weighted by Crippen LogP contribution is -2.48. The molecule has 158 valence electrons. The monoisotopic (exact) mass is 425 g/mol. The minimum absolute atomic E-state index is 0.329. The van der Waals surface area contributed by atoms with Crippen molar-refractivity contribution in [3.8, 4) is 12.1 Å². The lowest BCUT2D eigenvalue weighted by Gasteiger charge is -2.57. The number of hydrogen-bond donors (Lipinski definition) is 0. The van der Waals surface area contributed by atoms with Crippen molar-refractivity contribution < 1.29 is 0 Å². The summed E-state index contributed by atoms with van der Waals surface area (Å²) in [5, 5.41) is 24.2. The molecule has 2 aromatic heterocycles. The van der Waals surface area contributed by atoms with E-state index in [2.05, 4.69) is 40.8 Å². The number of hydrogen-bond acceptors (Lipinski definition) is 2. The number of fused-ring (bicyclic) bond motifs is 6. The molecule has 4 aliphatic carbocycles. The van der Waals surface area contributed by atoms with Crippen LogP contribution in [0.2, 0.25) is 0 Å². The van der Waals surface area contributed by atoms with Crippen molar-refractivity contribution in [2.75, 3.05) is 0 Å². The standard InChI is InChI=1S/C30H23N3/c31-15-17-1-3-23-25-10-22(30-12-19-5-20(13-30)7-21(6-19)14-30)11-26-24-4-2-18(16-32)9-28(24)33(29(25)26)27(23)8-17/h1-4,8-11,19-21H,5-7,12-14H2. The molecule has 9 rings (SSSR count). The van der Waals surface area contributed by atoms with Crippen LogP contribution in [-0.4, -0.2) is 4.40 Å². The second kappa shape index (κ2) is 5.86. The molecule has 0 radical (unpaired) electrons. The first-order chi connectivity index (χ1) is 16.2. The molecule has 4 saturated carbocycles. The molecule has 0 unspecified atom stereocenters. The molecule has 0 saturated heterocycles. The zero-order chi connectivity index (χ0) is 21.9. The van der Waals surface area contributed by atoms with E-state index in [4.69, 9.17) is 0 Å². The van der Waals surface area contributed by atoms with E-state index in [-0.39, 0.29) is 0 Å². The molecule has 0 N–H and O–H groups in total. The molecule has 4 fully saturated rings. The molecule has 2 heterocycles. The highest BCUT2D eigenvalue weighted by molar-refractivity contribution is 6.23. The number of rotatable bonds is 1. The van der Waals surface area contributed by atoms with Crippen molar-refractivity contribution in [2.45, 2.75) is 43.9 Å². The maximum absolute atomic E-state index is 9.56. The van der Waals surface area contributed by atoms with Crippen molar-refractivity contribution in [3.05, 3.63) is 65.2 Å². The van der Waals surface area contributed by atoms with Crippen molar-refractivity contribution in [2.24, 2.45) is 17.8 Å². The summed E-state index contributed by atoms with van der Waals surface area (Å²) in [7, 11) is 0. The first kappa shape index (κ1) is 17.9. The van der Waals surface area contributed by atoms with E-state index in [9.17, 15) is 10.5 Å². The van der Waals surface area contributed by atoms with Gasteiger partial charge in [-0.3, -0.25) is 0 Å². The Bertz CT molecular complexity index is 1580. The van der Waals surface area contributed by atoms with Gasteiger partial charge in [0.15, 0.2) is 0 Å². The topological polar surface area (TPSA) is 52.0 Å². The van der Waals surface area contributed by atoms with Crippen molar-refractivity contribution in [1.29, 1.82) is 10.5 Å². The van der Waals surface area contributed by atoms with Gasteiger partial charge < -0.3 is 4.40 Å². The minimum Gasteiger partial charge on any atom is -0.308 e. The lowest BCUT2D eigenvalue weighted by atomic mass is 9.48. The summed E-state index contributed by atoms with van der Waals surface area (Å²) >= 11 is 0. The predicted molar refractivity (Wildman–Crippen MR) is 130 cm³/mol. The lowest BCUT2D eigenvalue weighted by molar-refractivity contribution is -0.00508. The number of nitriles is 2. The highest BCUT2D eigenvalue weighted by Gasteiger charge is 2.51. The first-order valence-corrected chi connectivity index (χ1v) is 12.2. The summed E-state index contributed by atoms with van der Waals surface area (Å²) in [4.78, 5) is 0. The van der Waals surface area contributed by atoms with E-state index in [1.807, 2.05) is 24.3 Å². The number of nitrogens with zero attached hydrogens (tertiary/aromatic N) is 3. The molecule has 4 bridgehead atoms. The fraction of sp³-hybridized carbons (Fsp3) is 0.333. The van der Waals surface area contributed by atoms with Crippen LogP contribution in [0.5, 0.6) is 0 Å². The summed E-state index contributed by atoms with van der Waals surface area (Å²) in [5.74, 6) is 2.72. The molecule has 0 spiro atoms. The SMILES string of the molecule is N#Cc1ccc2c3cc(C45CC6CC(CC(C6)C4)C5)cc4c5ccc(C#N)cc5n(c2c1)c34. The van der Waals surface area contributed by atoms with Gasteiger partial charge in [-0.1, -0.05) is 12.1 Å². The molecule has 5 aromatic rings. The normalized spacial score (nSPS) is 28.2. The Morgan fingerprint density at radius 3 is 1.61 bits per heavy atom. The molecule has 3 nitrogen and oxygen atoms in total. The Hall–Kier alpha value is -3.56. The van der Waals surface area contributed by atoms with Gasteiger partial charge in [-0.2, -0.15) is 10.5 Å². The average molecular weight is 426 g/mol. The van der Waals surface area contributed by atoms with Crippen LogP contribution in [0.1, 0.15) is 55.2 Å². The highest BCUT2D eigenvalue weighted by Crippen LogP contribution is 2.61. The summed E-state index contributed by atoms with van der Waals surface area (Å²) in [6.45, 7) is 0. The van der Waals surface area contributed by atoms with Crippen LogP contribution in [-0.2, 0) is 5.41 Å². The van der Waals surface area contributed by atoms with Gasteiger partial charge in [-0.15, -0.1) is 0 Å². The largest absolute Gasteiger partial charge is 0.308 e. The second-order valence-electron chi connectivity index (χ2n) is 11.1. The van der Waals surface area contributed by atoms with E-state index in [1.54, 1.807) is 0 Å². The average Bonchev–Trinajstić information content (AvgIpc) is 3.33. The van der Waals surface area contributed by atoms with Gasteiger partial charge in [0.2, 0.25) is 0 Å². The van der Waals surface area contributed by atoms with Crippen LogP contribution < -0.4 is 0 Å².